The number of carbonyl (C=O) groups excluding carboxylic acids is 1. The summed E-state index contributed by atoms with van der Waals surface area (Å²) in [4.78, 5) is 29.3. The Labute approximate surface area is 124 Å². The largest absolute Gasteiger partial charge is 0.481 e. The van der Waals surface area contributed by atoms with E-state index in [1.807, 2.05) is 11.8 Å². The molecule has 0 radical (unpaired) electrons. The summed E-state index contributed by atoms with van der Waals surface area (Å²) in [7, 11) is 0. The molecule has 1 fully saturated rings. The van der Waals surface area contributed by atoms with Crippen LogP contribution in [-0.2, 0) is 4.79 Å². The number of primary amides is 1. The van der Waals surface area contributed by atoms with Gasteiger partial charge in [0.1, 0.15) is 5.82 Å². The monoisotopic (exact) mass is 291 g/mol. The molecule has 1 unspecified atom stereocenters. The molecule has 1 atom stereocenters. The molecule has 6 nitrogen and oxygen atoms in total. The number of amides is 1. The average molecular weight is 291 g/mol. The number of nitrogens with zero attached hydrogens (tertiary/aromatic N) is 2. The van der Waals surface area contributed by atoms with Gasteiger partial charge in [-0.3, -0.25) is 9.59 Å². The Morgan fingerprint density at radius 2 is 2.19 bits per heavy atom. The molecule has 0 bridgehead atoms. The van der Waals surface area contributed by atoms with Crippen molar-refractivity contribution in [3.63, 3.8) is 0 Å². The fraction of sp³-hybridized carbons (Fsp3) is 0.533. The predicted molar refractivity (Wildman–Crippen MR) is 79.3 cm³/mol. The van der Waals surface area contributed by atoms with E-state index in [-0.39, 0.29) is 0 Å². The molecule has 21 heavy (non-hydrogen) atoms. The minimum atomic E-state index is -0.755. The summed E-state index contributed by atoms with van der Waals surface area (Å²) in [5, 5.41) is 9.54. The second-order valence-electron chi connectivity index (χ2n) is 5.73. The highest BCUT2D eigenvalue weighted by Crippen LogP contribution is 2.37. The molecule has 1 aliphatic rings. The van der Waals surface area contributed by atoms with Crippen LogP contribution < -0.4 is 10.6 Å². The summed E-state index contributed by atoms with van der Waals surface area (Å²) < 4.78 is 0. The summed E-state index contributed by atoms with van der Waals surface area (Å²) in [6, 6.07) is 3.28. The van der Waals surface area contributed by atoms with Crippen LogP contribution in [0.4, 0.5) is 5.82 Å². The van der Waals surface area contributed by atoms with Crippen LogP contribution in [0.5, 0.6) is 0 Å². The molecule has 1 aliphatic heterocycles. The summed E-state index contributed by atoms with van der Waals surface area (Å²) in [6.45, 7) is 4.83. The Kier molecular flexibility index (Phi) is 4.16. The van der Waals surface area contributed by atoms with Gasteiger partial charge in [0, 0.05) is 24.3 Å². The summed E-state index contributed by atoms with van der Waals surface area (Å²) in [6.07, 6.45) is 2.07. The molecule has 1 amide bonds. The number of nitrogens with two attached hydrogens (primary N) is 1. The third-order valence-corrected chi connectivity index (χ3v) is 4.08. The molecule has 114 valence electrons. The van der Waals surface area contributed by atoms with Crippen molar-refractivity contribution in [1.82, 2.24) is 4.98 Å². The molecule has 0 spiro atoms. The van der Waals surface area contributed by atoms with Gasteiger partial charge in [-0.1, -0.05) is 13.3 Å². The minimum Gasteiger partial charge on any atom is -0.481 e. The number of carbonyl (C=O) groups is 2. The smallest absolute Gasteiger partial charge is 0.311 e. The zero-order valence-corrected chi connectivity index (χ0v) is 12.4. The Morgan fingerprint density at radius 1 is 1.48 bits per heavy atom. The quantitative estimate of drug-likeness (QED) is 0.858. The highest BCUT2D eigenvalue weighted by molar-refractivity contribution is 5.93. The Morgan fingerprint density at radius 3 is 2.76 bits per heavy atom. The fourth-order valence-electron chi connectivity index (χ4n) is 2.99. The summed E-state index contributed by atoms with van der Waals surface area (Å²) in [5.41, 5.74) is 5.71. The molecule has 1 aromatic rings. The molecule has 0 aromatic carbocycles. The normalized spacial score (nSPS) is 21.5. The summed E-state index contributed by atoms with van der Waals surface area (Å²) in [5.74, 6) is -0.628. The Bertz CT molecular complexity index is 573. The van der Waals surface area contributed by atoms with Crippen LogP contribution in [-0.4, -0.2) is 35.1 Å². The SMILES string of the molecule is CCCC1(C(=O)O)CCN(c2cc(C(N)=O)cc(C)n2)C1. The van der Waals surface area contributed by atoms with Crippen LogP contribution in [0.25, 0.3) is 0 Å². The molecule has 2 rings (SSSR count). The van der Waals surface area contributed by atoms with Gasteiger partial charge in [-0.15, -0.1) is 0 Å². The second-order valence-corrected chi connectivity index (χ2v) is 5.73. The van der Waals surface area contributed by atoms with Crippen molar-refractivity contribution < 1.29 is 14.7 Å². The third-order valence-electron chi connectivity index (χ3n) is 4.08. The number of carboxylic acid groups (broad SMARTS) is 1. The molecule has 6 heteroatoms. The number of aliphatic carboxylic acids is 1. The molecule has 2 heterocycles. The van der Waals surface area contributed by atoms with Gasteiger partial charge >= 0.3 is 5.97 Å². The first-order valence-corrected chi connectivity index (χ1v) is 7.15. The lowest BCUT2D eigenvalue weighted by Gasteiger charge is -2.25. The zero-order chi connectivity index (χ0) is 15.6. The van der Waals surface area contributed by atoms with Crippen LogP contribution in [0.1, 0.15) is 42.2 Å². The topological polar surface area (TPSA) is 96.5 Å². The van der Waals surface area contributed by atoms with Crippen LogP contribution in [0, 0.1) is 12.3 Å². The minimum absolute atomic E-state index is 0.404. The first-order valence-electron chi connectivity index (χ1n) is 7.15. The standard InChI is InChI=1S/C15H21N3O3/c1-3-4-15(14(20)21)5-6-18(9-15)12-8-11(13(16)19)7-10(2)17-12/h7-8H,3-6,9H2,1-2H3,(H2,16,19)(H,20,21). The van der Waals surface area contributed by atoms with Crippen molar-refractivity contribution in [2.24, 2.45) is 11.1 Å². The Balaban J connectivity index is 2.29. The van der Waals surface area contributed by atoms with Crippen molar-refractivity contribution in [3.05, 3.63) is 23.4 Å². The molecule has 3 N–H and O–H groups in total. The number of anilines is 1. The van der Waals surface area contributed by atoms with Crippen molar-refractivity contribution >= 4 is 17.7 Å². The lowest BCUT2D eigenvalue weighted by atomic mass is 9.83. The maximum Gasteiger partial charge on any atom is 0.311 e. The molecule has 0 aliphatic carbocycles. The molecule has 1 aromatic heterocycles. The van der Waals surface area contributed by atoms with Crippen LogP contribution >= 0.6 is 0 Å². The van der Waals surface area contributed by atoms with E-state index >= 15 is 0 Å². The van der Waals surface area contributed by atoms with Gasteiger partial charge in [0.05, 0.1) is 5.41 Å². The number of aromatic nitrogens is 1. The molecular formula is C15H21N3O3. The zero-order valence-electron chi connectivity index (χ0n) is 12.4. The highest BCUT2D eigenvalue weighted by Gasteiger charge is 2.44. The maximum absolute atomic E-state index is 11.6. The first-order chi connectivity index (χ1) is 9.88. The summed E-state index contributed by atoms with van der Waals surface area (Å²) >= 11 is 0. The molecule has 0 saturated carbocycles. The van der Waals surface area contributed by atoms with E-state index in [1.165, 1.54) is 0 Å². The van der Waals surface area contributed by atoms with Crippen molar-refractivity contribution in [3.8, 4) is 0 Å². The number of pyridine rings is 1. The number of rotatable bonds is 5. The maximum atomic E-state index is 11.6. The van der Waals surface area contributed by atoms with Gasteiger partial charge in [-0.05, 0) is 31.9 Å². The molecule has 1 saturated heterocycles. The fourth-order valence-corrected chi connectivity index (χ4v) is 2.99. The second kappa shape index (κ2) is 5.71. The van der Waals surface area contributed by atoms with Crippen molar-refractivity contribution in [1.29, 1.82) is 0 Å². The first kappa shape index (κ1) is 15.3. The van der Waals surface area contributed by atoms with E-state index < -0.39 is 17.3 Å². The van der Waals surface area contributed by atoms with Crippen LogP contribution in [0.2, 0.25) is 0 Å². The number of carboxylic acids is 1. The number of hydrogen-bond acceptors (Lipinski definition) is 4. The van der Waals surface area contributed by atoms with Gasteiger partial charge in [0.2, 0.25) is 5.91 Å². The van der Waals surface area contributed by atoms with Crippen molar-refractivity contribution in [2.75, 3.05) is 18.0 Å². The lowest BCUT2D eigenvalue weighted by Crippen LogP contribution is -2.35. The lowest BCUT2D eigenvalue weighted by molar-refractivity contribution is -0.148. The average Bonchev–Trinajstić information content (AvgIpc) is 2.84. The molecular weight excluding hydrogens is 270 g/mol. The number of hydrogen-bond donors (Lipinski definition) is 2. The van der Waals surface area contributed by atoms with E-state index in [4.69, 9.17) is 5.73 Å². The van der Waals surface area contributed by atoms with Gasteiger partial charge in [-0.25, -0.2) is 4.98 Å². The van der Waals surface area contributed by atoms with Gasteiger partial charge in [-0.2, -0.15) is 0 Å². The van der Waals surface area contributed by atoms with E-state index in [0.29, 0.717) is 43.0 Å². The van der Waals surface area contributed by atoms with Gasteiger partial charge in [0.25, 0.3) is 0 Å². The van der Waals surface area contributed by atoms with E-state index in [1.54, 1.807) is 19.1 Å². The van der Waals surface area contributed by atoms with Gasteiger partial charge in [0.15, 0.2) is 0 Å². The number of aryl methyl sites for hydroxylation is 1. The van der Waals surface area contributed by atoms with E-state index in [0.717, 1.165) is 6.42 Å². The third kappa shape index (κ3) is 2.99. The van der Waals surface area contributed by atoms with Crippen LogP contribution in [0.3, 0.4) is 0 Å². The van der Waals surface area contributed by atoms with Crippen LogP contribution in [0.15, 0.2) is 12.1 Å². The van der Waals surface area contributed by atoms with Crippen molar-refractivity contribution in [2.45, 2.75) is 33.1 Å². The predicted octanol–water partition coefficient (Wildman–Crippen LogP) is 1.57. The highest BCUT2D eigenvalue weighted by atomic mass is 16.4. The van der Waals surface area contributed by atoms with E-state index in [9.17, 15) is 14.7 Å². The van der Waals surface area contributed by atoms with Gasteiger partial charge < -0.3 is 15.7 Å². The Hall–Kier alpha value is -2.11. The van der Waals surface area contributed by atoms with E-state index in [2.05, 4.69) is 4.98 Å².